The van der Waals surface area contributed by atoms with Gasteiger partial charge < -0.3 is 15.5 Å². The highest BCUT2D eigenvalue weighted by molar-refractivity contribution is 5.88. The Morgan fingerprint density at radius 2 is 1.85 bits per heavy atom. The van der Waals surface area contributed by atoms with Crippen LogP contribution >= 0.6 is 0 Å². The topological polar surface area (TPSA) is 55.7 Å². The lowest BCUT2D eigenvalue weighted by atomic mass is 9.96. The van der Waals surface area contributed by atoms with Crippen molar-refractivity contribution < 1.29 is 10.2 Å². The van der Waals surface area contributed by atoms with Gasteiger partial charge in [-0.25, -0.2) is 0 Å². The number of benzene rings is 2. The number of hydrogen-bond acceptors (Lipinski definition) is 4. The Labute approximate surface area is 118 Å². The molecule has 1 saturated heterocycles. The van der Waals surface area contributed by atoms with E-state index >= 15 is 0 Å². The number of aliphatic hydroxyl groups is 1. The number of piperazine rings is 1. The molecule has 2 aromatic carbocycles. The first-order chi connectivity index (χ1) is 9.81. The number of nitrogens with zero attached hydrogens (tertiary/aromatic N) is 1. The maximum absolute atomic E-state index is 10.3. The van der Waals surface area contributed by atoms with Gasteiger partial charge in [0.1, 0.15) is 5.75 Å². The molecule has 3 N–H and O–H groups in total. The Bertz CT molecular complexity index is 594. The third-order valence-corrected chi connectivity index (χ3v) is 4.05. The van der Waals surface area contributed by atoms with E-state index in [0.717, 1.165) is 42.5 Å². The van der Waals surface area contributed by atoms with Crippen molar-refractivity contribution in [3.63, 3.8) is 0 Å². The molecule has 0 aromatic heterocycles. The molecule has 1 heterocycles. The molecule has 0 saturated carbocycles. The molecule has 1 atom stereocenters. The number of nitrogens with one attached hydrogen (secondary N) is 1. The van der Waals surface area contributed by atoms with Gasteiger partial charge in [-0.3, -0.25) is 4.90 Å². The van der Waals surface area contributed by atoms with E-state index < -0.39 is 0 Å². The van der Waals surface area contributed by atoms with E-state index in [2.05, 4.69) is 10.2 Å². The maximum Gasteiger partial charge on any atom is 0.121 e. The number of fused-ring (bicyclic) bond motifs is 1. The largest absolute Gasteiger partial charge is 0.508 e. The summed E-state index contributed by atoms with van der Waals surface area (Å²) < 4.78 is 0. The van der Waals surface area contributed by atoms with Crippen molar-refractivity contribution in [2.24, 2.45) is 0 Å². The summed E-state index contributed by atoms with van der Waals surface area (Å²) in [4.78, 5) is 2.23. The molecule has 0 aliphatic carbocycles. The molecule has 0 amide bonds. The summed E-state index contributed by atoms with van der Waals surface area (Å²) in [5, 5.41) is 25.6. The first-order valence-electron chi connectivity index (χ1n) is 7.07. The molecule has 1 fully saturated rings. The number of rotatable bonds is 3. The van der Waals surface area contributed by atoms with E-state index in [4.69, 9.17) is 0 Å². The third-order valence-electron chi connectivity index (χ3n) is 4.05. The van der Waals surface area contributed by atoms with Gasteiger partial charge >= 0.3 is 0 Å². The van der Waals surface area contributed by atoms with Gasteiger partial charge in [-0.15, -0.1) is 0 Å². The van der Waals surface area contributed by atoms with Crippen LogP contribution in [-0.4, -0.2) is 47.9 Å². The van der Waals surface area contributed by atoms with Crippen molar-refractivity contribution in [1.29, 1.82) is 0 Å². The Morgan fingerprint density at radius 3 is 2.60 bits per heavy atom. The Balaban J connectivity index is 2.08. The van der Waals surface area contributed by atoms with E-state index in [1.807, 2.05) is 30.3 Å². The van der Waals surface area contributed by atoms with E-state index in [-0.39, 0.29) is 18.4 Å². The molecule has 0 spiro atoms. The Kier molecular flexibility index (Phi) is 3.87. The van der Waals surface area contributed by atoms with Crippen LogP contribution in [0.25, 0.3) is 10.8 Å². The fourth-order valence-electron chi connectivity index (χ4n) is 3.02. The lowest BCUT2D eigenvalue weighted by Crippen LogP contribution is -2.46. The van der Waals surface area contributed by atoms with Crippen molar-refractivity contribution in [3.05, 3.63) is 42.0 Å². The van der Waals surface area contributed by atoms with Crippen LogP contribution in [0.4, 0.5) is 0 Å². The molecule has 106 valence electrons. The fraction of sp³-hybridized carbons (Fsp3) is 0.375. The van der Waals surface area contributed by atoms with Gasteiger partial charge in [-0.1, -0.05) is 30.3 Å². The molecule has 4 nitrogen and oxygen atoms in total. The molecular formula is C16H20N2O2. The van der Waals surface area contributed by atoms with Crippen LogP contribution < -0.4 is 5.32 Å². The standard InChI is InChI=1S/C16H20N2O2/c19-11-14(18-9-7-17-8-10-18)16-13-4-2-1-3-12(13)5-6-15(16)20/h1-6,14,17,19-20H,7-11H2/t14-/m1/s1. The molecular weight excluding hydrogens is 252 g/mol. The van der Waals surface area contributed by atoms with Crippen molar-refractivity contribution in [1.82, 2.24) is 10.2 Å². The van der Waals surface area contributed by atoms with Crippen molar-refractivity contribution in [2.75, 3.05) is 32.8 Å². The summed E-state index contributed by atoms with van der Waals surface area (Å²) in [6.45, 7) is 3.62. The minimum Gasteiger partial charge on any atom is -0.508 e. The van der Waals surface area contributed by atoms with Crippen LogP contribution in [0.15, 0.2) is 36.4 Å². The highest BCUT2D eigenvalue weighted by atomic mass is 16.3. The monoisotopic (exact) mass is 272 g/mol. The number of hydrogen-bond donors (Lipinski definition) is 3. The Morgan fingerprint density at radius 1 is 1.10 bits per heavy atom. The number of aliphatic hydroxyl groups excluding tert-OH is 1. The van der Waals surface area contributed by atoms with E-state index in [0.29, 0.717) is 0 Å². The van der Waals surface area contributed by atoms with Crippen molar-refractivity contribution >= 4 is 10.8 Å². The molecule has 0 bridgehead atoms. The second-order valence-corrected chi connectivity index (χ2v) is 5.20. The molecule has 3 rings (SSSR count). The van der Waals surface area contributed by atoms with Crippen molar-refractivity contribution in [3.8, 4) is 5.75 Å². The second kappa shape index (κ2) is 5.79. The molecule has 1 aliphatic rings. The zero-order valence-electron chi connectivity index (χ0n) is 11.4. The molecule has 20 heavy (non-hydrogen) atoms. The zero-order valence-corrected chi connectivity index (χ0v) is 11.4. The lowest BCUT2D eigenvalue weighted by Gasteiger charge is -2.34. The average Bonchev–Trinajstić information content (AvgIpc) is 2.51. The summed E-state index contributed by atoms with van der Waals surface area (Å²) >= 11 is 0. The molecule has 0 radical (unpaired) electrons. The van der Waals surface area contributed by atoms with Gasteiger partial charge in [-0.2, -0.15) is 0 Å². The predicted octanol–water partition coefficient (Wildman–Crippen LogP) is 1.48. The van der Waals surface area contributed by atoms with Crippen LogP contribution in [0.5, 0.6) is 5.75 Å². The fourth-order valence-corrected chi connectivity index (χ4v) is 3.02. The minimum atomic E-state index is -0.150. The van der Waals surface area contributed by atoms with Gasteiger partial charge in [-0.05, 0) is 16.8 Å². The highest BCUT2D eigenvalue weighted by Gasteiger charge is 2.25. The van der Waals surface area contributed by atoms with Gasteiger partial charge in [0, 0.05) is 31.7 Å². The van der Waals surface area contributed by atoms with E-state index in [1.165, 1.54) is 0 Å². The molecule has 4 heteroatoms. The van der Waals surface area contributed by atoms with Crippen LogP contribution in [0, 0.1) is 0 Å². The summed E-state index contributed by atoms with van der Waals surface area (Å²) in [5.74, 6) is 0.265. The summed E-state index contributed by atoms with van der Waals surface area (Å²) in [6, 6.07) is 11.5. The third kappa shape index (κ3) is 2.38. The number of aromatic hydroxyl groups is 1. The average molecular weight is 272 g/mol. The second-order valence-electron chi connectivity index (χ2n) is 5.20. The molecule has 2 aromatic rings. The molecule has 0 unspecified atom stereocenters. The number of phenolic OH excluding ortho intramolecular Hbond substituents is 1. The van der Waals surface area contributed by atoms with Gasteiger partial charge in [0.15, 0.2) is 0 Å². The first kappa shape index (κ1) is 13.4. The smallest absolute Gasteiger partial charge is 0.121 e. The summed E-state index contributed by atoms with van der Waals surface area (Å²) in [7, 11) is 0. The Hall–Kier alpha value is -1.62. The quantitative estimate of drug-likeness (QED) is 0.792. The summed E-state index contributed by atoms with van der Waals surface area (Å²) in [5.41, 5.74) is 0.840. The van der Waals surface area contributed by atoms with E-state index in [9.17, 15) is 10.2 Å². The van der Waals surface area contributed by atoms with Gasteiger partial charge in [0.2, 0.25) is 0 Å². The number of phenols is 1. The van der Waals surface area contributed by atoms with Gasteiger partial charge in [0.25, 0.3) is 0 Å². The normalized spacial score (nSPS) is 18.2. The zero-order chi connectivity index (χ0) is 13.9. The first-order valence-corrected chi connectivity index (χ1v) is 7.07. The highest BCUT2D eigenvalue weighted by Crippen LogP contribution is 2.35. The maximum atomic E-state index is 10.3. The minimum absolute atomic E-state index is 0.0154. The van der Waals surface area contributed by atoms with E-state index in [1.54, 1.807) is 6.07 Å². The lowest BCUT2D eigenvalue weighted by molar-refractivity contribution is 0.110. The van der Waals surface area contributed by atoms with Crippen LogP contribution in [0.1, 0.15) is 11.6 Å². The van der Waals surface area contributed by atoms with Crippen LogP contribution in [-0.2, 0) is 0 Å². The summed E-state index contributed by atoms with van der Waals surface area (Å²) in [6.07, 6.45) is 0. The van der Waals surface area contributed by atoms with Gasteiger partial charge in [0.05, 0.1) is 12.6 Å². The SMILES string of the molecule is OC[C@H](c1c(O)ccc2ccccc12)N1CCNCC1. The van der Waals surface area contributed by atoms with Crippen LogP contribution in [0.3, 0.4) is 0 Å². The predicted molar refractivity (Wildman–Crippen MR) is 79.9 cm³/mol. The molecule has 1 aliphatic heterocycles. The van der Waals surface area contributed by atoms with Crippen molar-refractivity contribution in [2.45, 2.75) is 6.04 Å². The van der Waals surface area contributed by atoms with Crippen LogP contribution in [0.2, 0.25) is 0 Å².